The number of hydrogen-bond donors (Lipinski definition) is 1. The third kappa shape index (κ3) is 2.77. The Hall–Kier alpha value is -1.23. The van der Waals surface area contributed by atoms with Crippen LogP contribution in [0.1, 0.15) is 22.2 Å². The lowest BCUT2D eigenvalue weighted by Crippen LogP contribution is -2.13. The first kappa shape index (κ1) is 13.7. The van der Waals surface area contributed by atoms with Gasteiger partial charge in [0, 0.05) is 16.9 Å². The van der Waals surface area contributed by atoms with Crippen molar-refractivity contribution >= 4 is 37.5 Å². The van der Waals surface area contributed by atoms with E-state index in [0.29, 0.717) is 0 Å². The first-order valence-electron chi connectivity index (χ1n) is 6.49. The highest BCUT2D eigenvalue weighted by atomic mass is 79.9. The van der Waals surface area contributed by atoms with Gasteiger partial charge >= 0.3 is 0 Å². The number of aromatic nitrogens is 1. The molecule has 0 bridgehead atoms. The standard InChI is InChI=1S/C16H15BrN2S/c1-10-6-7-11(8-12(10)17)13(18)9-16-19-14-4-2-3-5-15(14)20-16/h2-8,13H,9,18H2,1H3. The van der Waals surface area contributed by atoms with E-state index in [0.717, 1.165) is 27.0 Å². The molecule has 1 unspecified atom stereocenters. The molecule has 4 heteroatoms. The van der Waals surface area contributed by atoms with Crippen LogP contribution in [0.2, 0.25) is 0 Å². The zero-order chi connectivity index (χ0) is 14.1. The fourth-order valence-corrected chi connectivity index (χ4v) is 3.58. The summed E-state index contributed by atoms with van der Waals surface area (Å²) in [5, 5.41) is 1.09. The molecular weight excluding hydrogens is 332 g/mol. The van der Waals surface area contributed by atoms with E-state index in [4.69, 9.17) is 5.73 Å². The summed E-state index contributed by atoms with van der Waals surface area (Å²) in [6, 6.07) is 14.5. The normalized spacial score (nSPS) is 12.8. The molecule has 1 atom stereocenters. The van der Waals surface area contributed by atoms with Gasteiger partial charge in [0.1, 0.15) is 0 Å². The Labute approximate surface area is 130 Å². The highest BCUT2D eigenvalue weighted by molar-refractivity contribution is 9.10. The average Bonchev–Trinajstić information content (AvgIpc) is 2.83. The van der Waals surface area contributed by atoms with Crippen LogP contribution in [0.4, 0.5) is 0 Å². The molecule has 2 N–H and O–H groups in total. The molecule has 1 heterocycles. The Kier molecular flexibility index (Phi) is 3.87. The van der Waals surface area contributed by atoms with E-state index in [-0.39, 0.29) is 6.04 Å². The van der Waals surface area contributed by atoms with Crippen LogP contribution in [0, 0.1) is 6.92 Å². The maximum Gasteiger partial charge on any atom is 0.0957 e. The number of hydrogen-bond acceptors (Lipinski definition) is 3. The summed E-state index contributed by atoms with van der Waals surface area (Å²) in [6.07, 6.45) is 0.773. The van der Waals surface area contributed by atoms with Gasteiger partial charge in [-0.1, -0.05) is 40.2 Å². The Balaban J connectivity index is 1.84. The van der Waals surface area contributed by atoms with Crippen molar-refractivity contribution in [2.24, 2.45) is 5.73 Å². The van der Waals surface area contributed by atoms with Crippen LogP contribution in [0.5, 0.6) is 0 Å². The molecule has 0 saturated heterocycles. The number of nitrogens with two attached hydrogens (primary N) is 1. The number of thiazole rings is 1. The summed E-state index contributed by atoms with van der Waals surface area (Å²) in [7, 11) is 0. The van der Waals surface area contributed by atoms with Crippen molar-refractivity contribution in [3.8, 4) is 0 Å². The lowest BCUT2D eigenvalue weighted by Gasteiger charge is -2.11. The van der Waals surface area contributed by atoms with E-state index < -0.39 is 0 Å². The molecule has 3 aromatic rings. The maximum atomic E-state index is 6.31. The Morgan fingerprint density at radius 2 is 2.05 bits per heavy atom. The van der Waals surface area contributed by atoms with Crippen LogP contribution < -0.4 is 5.73 Å². The van der Waals surface area contributed by atoms with Crippen LogP contribution in [0.25, 0.3) is 10.2 Å². The number of nitrogens with zero attached hydrogens (tertiary/aromatic N) is 1. The summed E-state index contributed by atoms with van der Waals surface area (Å²) in [5.74, 6) is 0. The van der Waals surface area contributed by atoms with E-state index in [1.165, 1.54) is 10.3 Å². The second-order valence-corrected chi connectivity index (χ2v) is 6.86. The molecular formula is C16H15BrN2S. The number of fused-ring (bicyclic) bond motifs is 1. The van der Waals surface area contributed by atoms with Gasteiger partial charge in [-0.25, -0.2) is 4.98 Å². The second-order valence-electron chi connectivity index (χ2n) is 4.89. The zero-order valence-corrected chi connectivity index (χ0v) is 13.5. The molecule has 2 aromatic carbocycles. The van der Waals surface area contributed by atoms with E-state index in [9.17, 15) is 0 Å². The fourth-order valence-electron chi connectivity index (χ4n) is 2.15. The van der Waals surface area contributed by atoms with Gasteiger partial charge in [-0.3, -0.25) is 0 Å². The van der Waals surface area contributed by atoms with Crippen molar-refractivity contribution < 1.29 is 0 Å². The molecule has 0 fully saturated rings. The zero-order valence-electron chi connectivity index (χ0n) is 11.1. The number of aryl methyl sites for hydroxylation is 1. The first-order chi connectivity index (χ1) is 9.63. The molecule has 3 rings (SSSR count). The highest BCUT2D eigenvalue weighted by Gasteiger charge is 2.11. The summed E-state index contributed by atoms with van der Waals surface area (Å²) in [5.41, 5.74) is 9.74. The smallest absolute Gasteiger partial charge is 0.0957 e. The van der Waals surface area contributed by atoms with Crippen LogP contribution >= 0.6 is 27.3 Å². The Bertz CT molecular complexity index is 718. The minimum atomic E-state index is -0.0209. The van der Waals surface area contributed by atoms with Crippen molar-refractivity contribution in [1.29, 1.82) is 0 Å². The van der Waals surface area contributed by atoms with Gasteiger partial charge in [-0.05, 0) is 36.2 Å². The SMILES string of the molecule is Cc1ccc(C(N)Cc2nc3ccccc3s2)cc1Br. The quantitative estimate of drug-likeness (QED) is 0.751. The number of halogens is 1. The first-order valence-corrected chi connectivity index (χ1v) is 8.10. The molecule has 20 heavy (non-hydrogen) atoms. The fraction of sp³-hybridized carbons (Fsp3) is 0.188. The summed E-state index contributed by atoms with van der Waals surface area (Å²) in [4.78, 5) is 4.64. The van der Waals surface area contributed by atoms with Gasteiger partial charge in [-0.2, -0.15) is 0 Å². The molecule has 2 nitrogen and oxygen atoms in total. The summed E-state index contributed by atoms with van der Waals surface area (Å²) >= 11 is 5.28. The van der Waals surface area contributed by atoms with Crippen molar-refractivity contribution in [2.75, 3.05) is 0 Å². The van der Waals surface area contributed by atoms with E-state index >= 15 is 0 Å². The van der Waals surface area contributed by atoms with Crippen molar-refractivity contribution in [1.82, 2.24) is 4.98 Å². The van der Waals surface area contributed by atoms with Crippen molar-refractivity contribution in [3.05, 3.63) is 63.1 Å². The predicted molar refractivity (Wildman–Crippen MR) is 89.1 cm³/mol. The minimum Gasteiger partial charge on any atom is -0.324 e. The second kappa shape index (κ2) is 5.64. The molecule has 0 radical (unpaired) electrons. The lowest BCUT2D eigenvalue weighted by atomic mass is 10.0. The summed E-state index contributed by atoms with van der Waals surface area (Å²) < 4.78 is 2.33. The molecule has 0 amide bonds. The molecule has 0 aliphatic carbocycles. The van der Waals surface area contributed by atoms with Gasteiger partial charge < -0.3 is 5.73 Å². The monoisotopic (exact) mass is 346 g/mol. The number of rotatable bonds is 3. The maximum absolute atomic E-state index is 6.31. The minimum absolute atomic E-state index is 0.0209. The van der Waals surface area contributed by atoms with Gasteiger partial charge in [0.2, 0.25) is 0 Å². The van der Waals surface area contributed by atoms with Crippen LogP contribution in [-0.2, 0) is 6.42 Å². The van der Waals surface area contributed by atoms with Crippen molar-refractivity contribution in [3.63, 3.8) is 0 Å². The van der Waals surface area contributed by atoms with Crippen LogP contribution in [0.15, 0.2) is 46.9 Å². The third-order valence-corrected chi connectivity index (χ3v) is 5.27. The van der Waals surface area contributed by atoms with Gasteiger partial charge in [-0.15, -0.1) is 11.3 Å². The number of para-hydroxylation sites is 1. The average molecular weight is 347 g/mol. The van der Waals surface area contributed by atoms with Gasteiger partial charge in [0.15, 0.2) is 0 Å². The molecule has 0 saturated carbocycles. The van der Waals surface area contributed by atoms with E-state index in [1.807, 2.05) is 18.2 Å². The lowest BCUT2D eigenvalue weighted by molar-refractivity contribution is 0.718. The molecule has 0 aliphatic heterocycles. The Morgan fingerprint density at radius 1 is 1.25 bits per heavy atom. The van der Waals surface area contributed by atoms with E-state index in [2.05, 4.69) is 52.1 Å². The van der Waals surface area contributed by atoms with Gasteiger partial charge in [0.05, 0.1) is 15.2 Å². The van der Waals surface area contributed by atoms with Crippen LogP contribution in [0.3, 0.4) is 0 Å². The largest absolute Gasteiger partial charge is 0.324 e. The summed E-state index contributed by atoms with van der Waals surface area (Å²) in [6.45, 7) is 2.08. The van der Waals surface area contributed by atoms with E-state index in [1.54, 1.807) is 11.3 Å². The predicted octanol–water partition coefficient (Wildman–Crippen LogP) is 4.61. The molecule has 1 aromatic heterocycles. The topological polar surface area (TPSA) is 38.9 Å². The Morgan fingerprint density at radius 3 is 2.80 bits per heavy atom. The molecule has 0 aliphatic rings. The van der Waals surface area contributed by atoms with Crippen molar-refractivity contribution in [2.45, 2.75) is 19.4 Å². The molecule has 102 valence electrons. The molecule has 0 spiro atoms. The number of benzene rings is 2. The van der Waals surface area contributed by atoms with Crippen LogP contribution in [-0.4, -0.2) is 4.98 Å². The highest BCUT2D eigenvalue weighted by Crippen LogP contribution is 2.27. The van der Waals surface area contributed by atoms with Gasteiger partial charge in [0.25, 0.3) is 0 Å². The third-order valence-electron chi connectivity index (χ3n) is 3.36.